The van der Waals surface area contributed by atoms with Crippen LogP contribution >= 0.6 is 0 Å². The molecule has 0 saturated carbocycles. The van der Waals surface area contributed by atoms with Crippen molar-refractivity contribution in [1.82, 2.24) is 15.2 Å². The molecule has 1 aliphatic heterocycles. The number of aliphatic carboxylic acids is 1. The van der Waals surface area contributed by atoms with Gasteiger partial charge in [0.2, 0.25) is 5.88 Å². The number of likely N-dealkylation sites (tertiary alicyclic amines) is 1. The maximum Gasteiger partial charge on any atom is 0.317 e. The molecule has 2 heterocycles. The minimum Gasteiger partial charge on any atom is -0.490 e. The van der Waals surface area contributed by atoms with E-state index in [2.05, 4.69) is 10.3 Å². The zero-order chi connectivity index (χ0) is 20.6. The van der Waals surface area contributed by atoms with Crippen LogP contribution in [0, 0.1) is 5.92 Å². The Kier molecular flexibility index (Phi) is 6.89. The molecule has 2 amide bonds. The number of hydrogen-bond acceptors (Lipinski definition) is 5. The van der Waals surface area contributed by atoms with Crippen molar-refractivity contribution in [3.63, 3.8) is 0 Å². The Morgan fingerprint density at radius 3 is 2.52 bits per heavy atom. The number of benzene rings is 1. The molecule has 1 aromatic carbocycles. The highest BCUT2D eigenvalue weighted by atomic mass is 16.5. The predicted molar refractivity (Wildman–Crippen MR) is 106 cm³/mol. The number of nitrogens with zero attached hydrogens (tertiary/aromatic N) is 2. The van der Waals surface area contributed by atoms with Gasteiger partial charge in [-0.1, -0.05) is 18.2 Å². The molecule has 0 atom stereocenters. The average Bonchev–Trinajstić information content (AvgIpc) is 2.74. The Morgan fingerprint density at radius 1 is 1.17 bits per heavy atom. The molecule has 8 nitrogen and oxygen atoms in total. The highest BCUT2D eigenvalue weighted by molar-refractivity contribution is 5.75. The van der Waals surface area contributed by atoms with Crippen molar-refractivity contribution in [3.8, 4) is 17.4 Å². The first-order valence-corrected chi connectivity index (χ1v) is 9.67. The summed E-state index contributed by atoms with van der Waals surface area (Å²) >= 11 is 0. The predicted octanol–water partition coefficient (Wildman–Crippen LogP) is 3.28. The molecule has 0 bridgehead atoms. The number of rotatable bonds is 7. The number of amides is 2. The van der Waals surface area contributed by atoms with E-state index in [1.807, 2.05) is 37.3 Å². The standard InChI is InChI=1S/C21H25N3O5/c1-2-28-17-5-3-4-6-18(17)29-19-8-7-15(13-22-19)14-23-21(27)24-11-9-16(10-12-24)20(25)26/h3-8,13,16H,2,9-12,14H2,1H3,(H,23,27)(H,25,26). The number of nitrogens with one attached hydrogen (secondary N) is 1. The number of ether oxygens (including phenoxy) is 2. The summed E-state index contributed by atoms with van der Waals surface area (Å²) < 4.78 is 11.3. The van der Waals surface area contributed by atoms with E-state index < -0.39 is 5.97 Å². The van der Waals surface area contributed by atoms with Gasteiger partial charge in [0.05, 0.1) is 12.5 Å². The average molecular weight is 399 g/mol. The third kappa shape index (κ3) is 5.60. The molecule has 1 fully saturated rings. The van der Waals surface area contributed by atoms with Gasteiger partial charge in [0.1, 0.15) is 0 Å². The van der Waals surface area contributed by atoms with Crippen LogP contribution in [0.4, 0.5) is 4.79 Å². The fraction of sp³-hybridized carbons (Fsp3) is 0.381. The Balaban J connectivity index is 1.50. The highest BCUT2D eigenvalue weighted by Gasteiger charge is 2.26. The number of carboxylic acid groups (broad SMARTS) is 1. The number of carboxylic acids is 1. The Morgan fingerprint density at radius 2 is 1.90 bits per heavy atom. The molecule has 154 valence electrons. The normalized spacial score (nSPS) is 14.3. The van der Waals surface area contributed by atoms with Gasteiger partial charge in [0.25, 0.3) is 0 Å². The van der Waals surface area contributed by atoms with Crippen LogP contribution in [0.3, 0.4) is 0 Å². The van der Waals surface area contributed by atoms with E-state index in [4.69, 9.17) is 14.6 Å². The number of aromatic nitrogens is 1. The van der Waals surface area contributed by atoms with Gasteiger partial charge in [0, 0.05) is 31.9 Å². The number of piperidine rings is 1. The molecule has 0 radical (unpaired) electrons. The van der Waals surface area contributed by atoms with Gasteiger partial charge in [-0.3, -0.25) is 4.79 Å². The summed E-state index contributed by atoms with van der Waals surface area (Å²) in [5, 5.41) is 11.9. The van der Waals surface area contributed by atoms with Gasteiger partial charge in [-0.2, -0.15) is 0 Å². The van der Waals surface area contributed by atoms with Crippen LogP contribution in [0.15, 0.2) is 42.6 Å². The van der Waals surface area contributed by atoms with Crippen LogP contribution in [0.5, 0.6) is 17.4 Å². The first-order chi connectivity index (χ1) is 14.1. The van der Waals surface area contributed by atoms with Crippen molar-refractivity contribution in [2.24, 2.45) is 5.92 Å². The Hall–Kier alpha value is -3.29. The van der Waals surface area contributed by atoms with E-state index in [0.29, 0.717) is 56.5 Å². The van der Waals surface area contributed by atoms with Crippen LogP contribution in [-0.4, -0.2) is 46.7 Å². The second-order valence-corrected chi connectivity index (χ2v) is 6.74. The molecule has 1 aromatic heterocycles. The zero-order valence-electron chi connectivity index (χ0n) is 16.3. The quantitative estimate of drug-likeness (QED) is 0.741. The monoisotopic (exact) mass is 399 g/mol. The lowest BCUT2D eigenvalue weighted by molar-refractivity contribution is -0.143. The molecule has 1 aliphatic rings. The van der Waals surface area contributed by atoms with Gasteiger partial charge in [-0.15, -0.1) is 0 Å². The van der Waals surface area contributed by atoms with Crippen LogP contribution in [0.25, 0.3) is 0 Å². The van der Waals surface area contributed by atoms with E-state index >= 15 is 0 Å². The number of pyridine rings is 1. The smallest absolute Gasteiger partial charge is 0.317 e. The summed E-state index contributed by atoms with van der Waals surface area (Å²) in [6.07, 6.45) is 2.62. The van der Waals surface area contributed by atoms with Crippen LogP contribution in [0.2, 0.25) is 0 Å². The number of hydrogen-bond donors (Lipinski definition) is 2. The molecule has 29 heavy (non-hydrogen) atoms. The fourth-order valence-corrected chi connectivity index (χ4v) is 3.12. The minimum atomic E-state index is -0.790. The Bertz CT molecular complexity index is 832. The first-order valence-electron chi connectivity index (χ1n) is 9.67. The van der Waals surface area contributed by atoms with E-state index in [1.165, 1.54) is 0 Å². The number of para-hydroxylation sites is 2. The van der Waals surface area contributed by atoms with E-state index in [1.54, 1.807) is 17.2 Å². The summed E-state index contributed by atoms with van der Waals surface area (Å²) in [4.78, 5) is 29.2. The van der Waals surface area contributed by atoms with E-state index in [0.717, 1.165) is 5.56 Å². The Labute approximate surface area is 169 Å². The molecule has 8 heteroatoms. The topological polar surface area (TPSA) is 101 Å². The fourth-order valence-electron chi connectivity index (χ4n) is 3.12. The second-order valence-electron chi connectivity index (χ2n) is 6.74. The second kappa shape index (κ2) is 9.77. The molecule has 3 rings (SSSR count). The highest BCUT2D eigenvalue weighted by Crippen LogP contribution is 2.30. The summed E-state index contributed by atoms with van der Waals surface area (Å²) in [5.74, 6) is 0.529. The number of carbonyl (C=O) groups is 2. The van der Waals surface area contributed by atoms with Crippen molar-refractivity contribution >= 4 is 12.0 Å². The summed E-state index contributed by atoms with van der Waals surface area (Å²) in [5.41, 5.74) is 0.837. The summed E-state index contributed by atoms with van der Waals surface area (Å²) in [6.45, 7) is 3.69. The first kappa shape index (κ1) is 20.4. The van der Waals surface area contributed by atoms with Gasteiger partial charge in [-0.25, -0.2) is 9.78 Å². The van der Waals surface area contributed by atoms with Crippen LogP contribution < -0.4 is 14.8 Å². The number of carbonyl (C=O) groups excluding carboxylic acids is 1. The lowest BCUT2D eigenvalue weighted by atomic mass is 9.97. The van der Waals surface area contributed by atoms with Crippen LogP contribution in [-0.2, 0) is 11.3 Å². The SMILES string of the molecule is CCOc1ccccc1Oc1ccc(CNC(=O)N2CCC(C(=O)O)CC2)cn1. The van der Waals surface area contributed by atoms with Gasteiger partial charge >= 0.3 is 12.0 Å². The van der Waals surface area contributed by atoms with Crippen LogP contribution in [0.1, 0.15) is 25.3 Å². The molecular formula is C21H25N3O5. The third-order valence-electron chi connectivity index (χ3n) is 4.74. The van der Waals surface area contributed by atoms with Gasteiger partial charge in [-0.05, 0) is 37.5 Å². The minimum absolute atomic E-state index is 0.195. The summed E-state index contributed by atoms with van der Waals surface area (Å²) in [7, 11) is 0. The van der Waals surface area contributed by atoms with Gasteiger partial charge in [0.15, 0.2) is 11.5 Å². The maximum absolute atomic E-state index is 12.3. The molecule has 0 aliphatic carbocycles. The van der Waals surface area contributed by atoms with E-state index in [-0.39, 0.29) is 11.9 Å². The maximum atomic E-state index is 12.3. The zero-order valence-corrected chi connectivity index (χ0v) is 16.3. The van der Waals surface area contributed by atoms with Crippen molar-refractivity contribution in [1.29, 1.82) is 0 Å². The van der Waals surface area contributed by atoms with Crippen molar-refractivity contribution in [2.75, 3.05) is 19.7 Å². The molecular weight excluding hydrogens is 374 g/mol. The van der Waals surface area contributed by atoms with Crippen molar-refractivity contribution < 1.29 is 24.2 Å². The van der Waals surface area contributed by atoms with Crippen molar-refractivity contribution in [2.45, 2.75) is 26.3 Å². The molecule has 1 saturated heterocycles. The largest absolute Gasteiger partial charge is 0.490 e. The van der Waals surface area contributed by atoms with E-state index in [9.17, 15) is 9.59 Å². The van der Waals surface area contributed by atoms with Gasteiger partial charge < -0.3 is 24.8 Å². The lowest BCUT2D eigenvalue weighted by Crippen LogP contribution is -2.45. The summed E-state index contributed by atoms with van der Waals surface area (Å²) in [6, 6.07) is 10.8. The molecule has 0 spiro atoms. The lowest BCUT2D eigenvalue weighted by Gasteiger charge is -2.30. The van der Waals surface area contributed by atoms with Crippen molar-refractivity contribution in [3.05, 3.63) is 48.2 Å². The molecule has 2 N–H and O–H groups in total. The third-order valence-corrected chi connectivity index (χ3v) is 4.74. The molecule has 0 unspecified atom stereocenters. The molecule has 2 aromatic rings. The number of urea groups is 1.